The fourth-order valence-corrected chi connectivity index (χ4v) is 5.16. The highest BCUT2D eigenvalue weighted by Crippen LogP contribution is 2.27. The third-order valence-corrected chi connectivity index (χ3v) is 6.91. The van der Waals surface area contributed by atoms with Crippen LogP contribution in [0.3, 0.4) is 0 Å². The van der Waals surface area contributed by atoms with Crippen LogP contribution in [0.1, 0.15) is 37.5 Å². The Morgan fingerprint density at radius 3 is 2.48 bits per heavy atom. The van der Waals surface area contributed by atoms with Crippen LogP contribution in [-0.4, -0.2) is 31.4 Å². The molecule has 1 heterocycles. The Morgan fingerprint density at radius 2 is 1.91 bits per heavy atom. The van der Waals surface area contributed by atoms with Crippen LogP contribution in [-0.2, 0) is 26.2 Å². The zero-order valence-electron chi connectivity index (χ0n) is 12.7. The van der Waals surface area contributed by atoms with Crippen molar-refractivity contribution in [3.8, 4) is 0 Å². The first-order chi connectivity index (χ1) is 10.8. The van der Waals surface area contributed by atoms with Gasteiger partial charge < -0.3 is 10.4 Å². The molecule has 1 aromatic rings. The van der Waals surface area contributed by atoms with Gasteiger partial charge >= 0.3 is 5.97 Å². The van der Waals surface area contributed by atoms with Crippen molar-refractivity contribution in [3.63, 3.8) is 0 Å². The Hall–Kier alpha value is -1.45. The van der Waals surface area contributed by atoms with Crippen LogP contribution in [0.5, 0.6) is 0 Å². The molecule has 1 fully saturated rings. The van der Waals surface area contributed by atoms with Gasteiger partial charge in [0.2, 0.25) is 15.9 Å². The summed E-state index contributed by atoms with van der Waals surface area (Å²) < 4.78 is 27.6. The number of sulfonamides is 1. The van der Waals surface area contributed by atoms with Crippen molar-refractivity contribution >= 4 is 33.2 Å². The fraction of sp³-hybridized carbons (Fsp3) is 0.571. The Morgan fingerprint density at radius 1 is 1.26 bits per heavy atom. The highest BCUT2D eigenvalue weighted by molar-refractivity contribution is 7.91. The first-order valence-electron chi connectivity index (χ1n) is 7.36. The van der Waals surface area contributed by atoms with Crippen LogP contribution >= 0.6 is 11.3 Å². The van der Waals surface area contributed by atoms with Crippen LogP contribution in [0.2, 0.25) is 0 Å². The molecule has 0 radical (unpaired) electrons. The number of hydrogen-bond acceptors (Lipinski definition) is 5. The summed E-state index contributed by atoms with van der Waals surface area (Å²) >= 11 is 1.12. The quantitative estimate of drug-likeness (QED) is 0.708. The average molecular weight is 360 g/mol. The van der Waals surface area contributed by atoms with E-state index in [9.17, 15) is 18.0 Å². The molecule has 128 valence electrons. The molecule has 1 aliphatic rings. The third kappa shape index (κ3) is 5.02. The van der Waals surface area contributed by atoms with E-state index in [1.54, 1.807) is 6.07 Å². The molecule has 1 amide bonds. The van der Waals surface area contributed by atoms with Crippen molar-refractivity contribution in [2.24, 2.45) is 5.92 Å². The lowest BCUT2D eigenvalue weighted by Gasteiger charge is -2.26. The summed E-state index contributed by atoms with van der Waals surface area (Å²) in [5, 5.41) is 11.6. The maximum Gasteiger partial charge on any atom is 0.306 e. The zero-order chi connectivity index (χ0) is 17.0. The Bertz CT molecular complexity index is 675. The number of aliphatic carboxylic acids is 1. The molecule has 0 aromatic carbocycles. The molecular weight excluding hydrogens is 340 g/mol. The van der Waals surface area contributed by atoms with E-state index in [1.165, 1.54) is 13.0 Å². The minimum Gasteiger partial charge on any atom is -0.481 e. The van der Waals surface area contributed by atoms with E-state index in [2.05, 4.69) is 10.0 Å². The number of carboxylic acid groups (broad SMARTS) is 1. The second-order valence-corrected chi connectivity index (χ2v) is 8.75. The van der Waals surface area contributed by atoms with E-state index >= 15 is 0 Å². The van der Waals surface area contributed by atoms with Crippen molar-refractivity contribution in [1.29, 1.82) is 0 Å². The van der Waals surface area contributed by atoms with Crippen molar-refractivity contribution in [3.05, 3.63) is 17.0 Å². The van der Waals surface area contributed by atoms with E-state index in [-0.39, 0.29) is 22.1 Å². The summed E-state index contributed by atoms with van der Waals surface area (Å²) in [6.07, 6.45) is 2.03. The predicted molar refractivity (Wildman–Crippen MR) is 85.5 cm³/mol. The zero-order valence-corrected chi connectivity index (χ0v) is 14.4. The molecule has 2 rings (SSSR count). The SMILES string of the molecule is CC(=O)NCc1ccc(S(=O)(=O)NC2CCC(C(=O)O)CC2)s1. The maximum absolute atomic E-state index is 12.4. The summed E-state index contributed by atoms with van der Waals surface area (Å²) in [6, 6.07) is 2.97. The number of carbonyl (C=O) groups excluding carboxylic acids is 1. The molecule has 23 heavy (non-hydrogen) atoms. The molecule has 1 saturated carbocycles. The lowest BCUT2D eigenvalue weighted by molar-refractivity contribution is -0.142. The van der Waals surface area contributed by atoms with Gasteiger partial charge in [0, 0.05) is 17.8 Å². The first-order valence-corrected chi connectivity index (χ1v) is 9.66. The average Bonchev–Trinajstić information content (AvgIpc) is 2.95. The molecule has 0 atom stereocenters. The molecule has 7 nitrogen and oxygen atoms in total. The van der Waals surface area contributed by atoms with Gasteiger partial charge in [0.15, 0.2) is 0 Å². The van der Waals surface area contributed by atoms with Gasteiger partial charge in [-0.15, -0.1) is 11.3 Å². The van der Waals surface area contributed by atoms with Gasteiger partial charge in [-0.25, -0.2) is 13.1 Å². The molecule has 0 aliphatic heterocycles. The number of nitrogens with one attached hydrogen (secondary N) is 2. The van der Waals surface area contributed by atoms with Crippen molar-refractivity contribution in [2.75, 3.05) is 0 Å². The van der Waals surface area contributed by atoms with Crippen LogP contribution in [0.25, 0.3) is 0 Å². The van der Waals surface area contributed by atoms with Crippen LogP contribution < -0.4 is 10.0 Å². The van der Waals surface area contributed by atoms with E-state index in [1.807, 2.05) is 0 Å². The second kappa shape index (κ2) is 7.41. The summed E-state index contributed by atoms with van der Waals surface area (Å²) in [7, 11) is -3.61. The third-order valence-electron chi connectivity index (χ3n) is 3.81. The van der Waals surface area contributed by atoms with Gasteiger partial charge in [-0.1, -0.05) is 0 Å². The van der Waals surface area contributed by atoms with Crippen molar-refractivity contribution in [2.45, 2.75) is 49.4 Å². The number of carbonyl (C=O) groups is 2. The normalized spacial score (nSPS) is 21.8. The lowest BCUT2D eigenvalue weighted by atomic mass is 9.87. The minimum atomic E-state index is -3.61. The molecule has 0 saturated heterocycles. The molecule has 3 N–H and O–H groups in total. The fourth-order valence-electron chi connectivity index (χ4n) is 2.54. The lowest BCUT2D eigenvalue weighted by Crippen LogP contribution is -2.38. The Kier molecular flexibility index (Phi) is 5.77. The summed E-state index contributed by atoms with van der Waals surface area (Å²) in [4.78, 5) is 22.6. The summed E-state index contributed by atoms with van der Waals surface area (Å²) in [5.74, 6) is -1.36. The molecular formula is C14H20N2O5S2. The Labute approximate surface area is 139 Å². The molecule has 9 heteroatoms. The van der Waals surface area contributed by atoms with E-state index in [4.69, 9.17) is 5.11 Å². The minimum absolute atomic E-state index is 0.170. The number of amides is 1. The highest BCUT2D eigenvalue weighted by Gasteiger charge is 2.29. The molecule has 1 aromatic heterocycles. The monoisotopic (exact) mass is 360 g/mol. The van der Waals surface area contributed by atoms with Gasteiger partial charge in [-0.3, -0.25) is 9.59 Å². The van der Waals surface area contributed by atoms with Crippen LogP contribution in [0.15, 0.2) is 16.3 Å². The standard InChI is InChI=1S/C14H20N2O5S2/c1-9(17)15-8-12-6-7-13(22-12)23(20,21)16-11-4-2-10(3-5-11)14(18)19/h6-7,10-11,16H,2-5,8H2,1H3,(H,15,17)(H,18,19). The predicted octanol–water partition coefficient (Wildman–Crippen LogP) is 1.31. The maximum atomic E-state index is 12.4. The van der Waals surface area contributed by atoms with Gasteiger partial charge in [-0.2, -0.15) is 0 Å². The summed E-state index contributed by atoms with van der Waals surface area (Å²) in [5.41, 5.74) is 0. The van der Waals surface area contributed by atoms with Gasteiger partial charge in [0.05, 0.1) is 12.5 Å². The summed E-state index contributed by atoms with van der Waals surface area (Å²) in [6.45, 7) is 1.71. The smallest absolute Gasteiger partial charge is 0.306 e. The van der Waals surface area contributed by atoms with Gasteiger partial charge in [-0.05, 0) is 37.8 Å². The van der Waals surface area contributed by atoms with E-state index in [0.29, 0.717) is 32.2 Å². The van der Waals surface area contributed by atoms with E-state index in [0.717, 1.165) is 16.2 Å². The second-order valence-electron chi connectivity index (χ2n) is 5.64. The van der Waals surface area contributed by atoms with Crippen molar-refractivity contribution < 1.29 is 23.1 Å². The number of hydrogen-bond donors (Lipinski definition) is 3. The molecule has 1 aliphatic carbocycles. The van der Waals surface area contributed by atoms with Crippen molar-refractivity contribution in [1.82, 2.24) is 10.0 Å². The molecule has 0 spiro atoms. The molecule has 0 unspecified atom stereocenters. The number of carboxylic acids is 1. The Balaban J connectivity index is 1.94. The number of rotatable bonds is 6. The largest absolute Gasteiger partial charge is 0.481 e. The topological polar surface area (TPSA) is 113 Å². The van der Waals surface area contributed by atoms with Crippen LogP contribution in [0, 0.1) is 5.92 Å². The van der Waals surface area contributed by atoms with E-state index < -0.39 is 16.0 Å². The van der Waals surface area contributed by atoms with Gasteiger partial charge in [0.1, 0.15) is 4.21 Å². The highest BCUT2D eigenvalue weighted by atomic mass is 32.2. The first kappa shape index (κ1) is 17.9. The van der Waals surface area contributed by atoms with Gasteiger partial charge in [0.25, 0.3) is 0 Å². The number of thiophene rings is 1. The molecule has 0 bridgehead atoms. The van der Waals surface area contributed by atoms with Crippen LogP contribution in [0.4, 0.5) is 0 Å².